The summed E-state index contributed by atoms with van der Waals surface area (Å²) in [5.41, 5.74) is 3.05. The van der Waals surface area contributed by atoms with Crippen LogP contribution in [0.5, 0.6) is 0 Å². The minimum Gasteiger partial charge on any atom is -0.378 e. The molecule has 2 atom stereocenters. The van der Waals surface area contributed by atoms with Crippen molar-refractivity contribution < 1.29 is 9.13 Å². The average molecular weight is 416 g/mol. The summed E-state index contributed by atoms with van der Waals surface area (Å²) in [5, 5.41) is 5.87. The first-order valence-corrected chi connectivity index (χ1v) is 10.3. The molecule has 6 nitrogen and oxygen atoms in total. The van der Waals surface area contributed by atoms with Crippen LogP contribution in [-0.4, -0.2) is 63.2 Å². The fourth-order valence-electron chi connectivity index (χ4n) is 4.46. The normalized spacial score (nSPS) is 23.4. The lowest BCUT2D eigenvalue weighted by Gasteiger charge is -2.43. The Morgan fingerprint density at radius 3 is 2.69 bits per heavy atom. The molecule has 0 saturated carbocycles. The zero-order valence-electron chi connectivity index (χ0n) is 16.5. The van der Waals surface area contributed by atoms with E-state index in [9.17, 15) is 0 Å². The molecule has 0 bridgehead atoms. The fraction of sp³-hybridized carbons (Fsp3) is 0.476. The molecule has 0 aliphatic carbocycles. The number of piperidine rings is 1. The van der Waals surface area contributed by atoms with Gasteiger partial charge in [0.2, 0.25) is 0 Å². The first-order chi connectivity index (χ1) is 14.0. The maximum absolute atomic E-state index is 15.2. The van der Waals surface area contributed by atoms with Crippen LogP contribution in [0.2, 0.25) is 5.15 Å². The monoisotopic (exact) mass is 415 g/mol. The Labute approximate surface area is 173 Å². The predicted molar refractivity (Wildman–Crippen MR) is 110 cm³/mol. The van der Waals surface area contributed by atoms with Gasteiger partial charge in [-0.05, 0) is 50.1 Å². The van der Waals surface area contributed by atoms with Gasteiger partial charge in [0.1, 0.15) is 17.1 Å². The molecule has 2 aliphatic rings. The SMILES string of the molecule is Cc1nc(Cl)cc(-n2ncc3cc(C)c([C@H]4CCN(C5COC5)C[C@H]4F)cc32)n1. The summed E-state index contributed by atoms with van der Waals surface area (Å²) < 4.78 is 22.2. The Kier molecular flexibility index (Phi) is 4.76. The Morgan fingerprint density at radius 1 is 1.17 bits per heavy atom. The summed E-state index contributed by atoms with van der Waals surface area (Å²) >= 11 is 6.12. The number of aryl methyl sites for hydroxylation is 2. The van der Waals surface area contributed by atoms with Gasteiger partial charge in [0.05, 0.1) is 31.0 Å². The van der Waals surface area contributed by atoms with Crippen LogP contribution in [0.15, 0.2) is 24.4 Å². The largest absolute Gasteiger partial charge is 0.378 e. The topological polar surface area (TPSA) is 56.1 Å². The Bertz CT molecular complexity index is 1050. The highest BCUT2D eigenvalue weighted by Gasteiger charge is 2.36. The van der Waals surface area contributed by atoms with Crippen molar-refractivity contribution in [3.8, 4) is 5.82 Å². The smallest absolute Gasteiger partial charge is 0.159 e. The lowest BCUT2D eigenvalue weighted by atomic mass is 9.84. The molecule has 29 heavy (non-hydrogen) atoms. The molecule has 2 aliphatic heterocycles. The number of aromatic nitrogens is 4. The standard InChI is InChI=1S/C21H23ClFN5O/c1-12-5-14-8-24-28(21-7-20(22)25-13(2)26-21)19(14)6-17(12)16-3-4-27(9-18(16)23)15-10-29-11-15/h5-8,15-16,18H,3-4,9-11H2,1-2H3/t16-,18-/m1/s1. The van der Waals surface area contributed by atoms with Gasteiger partial charge in [-0.15, -0.1) is 0 Å². The summed E-state index contributed by atoms with van der Waals surface area (Å²) in [6.45, 7) is 6.67. The third-order valence-electron chi connectivity index (χ3n) is 6.08. The quantitative estimate of drug-likeness (QED) is 0.611. The van der Waals surface area contributed by atoms with Crippen molar-refractivity contribution in [2.24, 2.45) is 0 Å². The van der Waals surface area contributed by atoms with E-state index in [-0.39, 0.29) is 5.92 Å². The number of nitrogens with zero attached hydrogens (tertiary/aromatic N) is 5. The molecule has 152 valence electrons. The van der Waals surface area contributed by atoms with Crippen LogP contribution in [0.3, 0.4) is 0 Å². The summed E-state index contributed by atoms with van der Waals surface area (Å²) in [4.78, 5) is 10.8. The maximum Gasteiger partial charge on any atom is 0.159 e. The molecule has 3 aromatic rings. The van der Waals surface area contributed by atoms with E-state index < -0.39 is 6.17 Å². The summed E-state index contributed by atoms with van der Waals surface area (Å²) in [7, 11) is 0. The number of likely N-dealkylation sites (tertiary alicyclic amines) is 1. The number of benzene rings is 1. The number of halogens is 2. The van der Waals surface area contributed by atoms with Gasteiger partial charge in [0.15, 0.2) is 5.82 Å². The van der Waals surface area contributed by atoms with E-state index in [1.807, 2.05) is 6.20 Å². The van der Waals surface area contributed by atoms with E-state index in [1.54, 1.807) is 17.7 Å². The second kappa shape index (κ2) is 7.31. The first kappa shape index (κ1) is 18.9. The zero-order valence-corrected chi connectivity index (χ0v) is 17.2. The minimum absolute atomic E-state index is 0.115. The van der Waals surface area contributed by atoms with Gasteiger partial charge in [-0.25, -0.2) is 19.0 Å². The fourth-order valence-corrected chi connectivity index (χ4v) is 4.68. The molecular weight excluding hydrogens is 393 g/mol. The molecule has 0 amide bonds. The Morgan fingerprint density at radius 2 is 2.00 bits per heavy atom. The van der Waals surface area contributed by atoms with Gasteiger partial charge in [-0.1, -0.05) is 11.6 Å². The zero-order chi connectivity index (χ0) is 20.1. The van der Waals surface area contributed by atoms with Crippen LogP contribution < -0.4 is 0 Å². The number of ether oxygens (including phenoxy) is 1. The summed E-state index contributed by atoms with van der Waals surface area (Å²) in [5.74, 6) is 1.08. The molecule has 0 N–H and O–H groups in total. The predicted octanol–water partition coefficient (Wildman–Crippen LogP) is 3.61. The van der Waals surface area contributed by atoms with Gasteiger partial charge in [-0.2, -0.15) is 5.10 Å². The minimum atomic E-state index is -0.896. The van der Waals surface area contributed by atoms with Gasteiger partial charge < -0.3 is 4.74 Å². The van der Waals surface area contributed by atoms with Crippen LogP contribution >= 0.6 is 11.6 Å². The van der Waals surface area contributed by atoms with Crippen LogP contribution in [0.25, 0.3) is 16.7 Å². The van der Waals surface area contributed by atoms with E-state index in [4.69, 9.17) is 16.3 Å². The van der Waals surface area contributed by atoms with Crippen molar-refractivity contribution in [1.29, 1.82) is 0 Å². The lowest BCUT2D eigenvalue weighted by Crippen LogP contribution is -2.54. The van der Waals surface area contributed by atoms with E-state index in [1.165, 1.54) is 0 Å². The number of rotatable bonds is 3. The van der Waals surface area contributed by atoms with E-state index in [0.29, 0.717) is 29.4 Å². The second-order valence-electron chi connectivity index (χ2n) is 8.02. The lowest BCUT2D eigenvalue weighted by molar-refractivity contribution is -0.0807. The van der Waals surface area contributed by atoms with Gasteiger partial charge in [-0.3, -0.25) is 4.90 Å². The van der Waals surface area contributed by atoms with Crippen molar-refractivity contribution in [2.75, 3.05) is 26.3 Å². The van der Waals surface area contributed by atoms with Crippen LogP contribution in [0.1, 0.15) is 29.3 Å². The molecule has 8 heteroatoms. The maximum atomic E-state index is 15.2. The molecular formula is C21H23ClFN5O. The first-order valence-electron chi connectivity index (χ1n) is 9.95. The highest BCUT2D eigenvalue weighted by atomic mass is 35.5. The number of hydrogen-bond donors (Lipinski definition) is 0. The number of fused-ring (bicyclic) bond motifs is 1. The van der Waals surface area contributed by atoms with Gasteiger partial charge in [0, 0.05) is 23.9 Å². The molecule has 0 spiro atoms. The third-order valence-corrected chi connectivity index (χ3v) is 6.27. The molecule has 2 saturated heterocycles. The summed E-state index contributed by atoms with van der Waals surface area (Å²) in [6.07, 6.45) is 1.72. The molecule has 0 unspecified atom stereocenters. The number of alkyl halides is 1. The molecule has 1 aromatic carbocycles. The van der Waals surface area contributed by atoms with E-state index >= 15 is 4.39 Å². The van der Waals surface area contributed by atoms with Gasteiger partial charge in [0.25, 0.3) is 0 Å². The van der Waals surface area contributed by atoms with Crippen molar-refractivity contribution >= 4 is 22.5 Å². The molecule has 2 aromatic heterocycles. The Hall–Kier alpha value is -2.09. The molecule has 5 rings (SSSR count). The van der Waals surface area contributed by atoms with Gasteiger partial charge >= 0.3 is 0 Å². The molecule has 2 fully saturated rings. The van der Waals surface area contributed by atoms with Crippen LogP contribution in [-0.2, 0) is 4.74 Å². The highest BCUT2D eigenvalue weighted by molar-refractivity contribution is 6.29. The van der Waals surface area contributed by atoms with E-state index in [0.717, 1.165) is 48.2 Å². The van der Waals surface area contributed by atoms with E-state index in [2.05, 4.69) is 39.0 Å². The van der Waals surface area contributed by atoms with Crippen LogP contribution in [0, 0.1) is 13.8 Å². The Balaban J connectivity index is 1.50. The highest BCUT2D eigenvalue weighted by Crippen LogP contribution is 2.36. The average Bonchev–Trinajstić information content (AvgIpc) is 3.02. The van der Waals surface area contributed by atoms with Crippen molar-refractivity contribution in [3.05, 3.63) is 46.5 Å². The molecule has 4 heterocycles. The second-order valence-corrected chi connectivity index (χ2v) is 8.40. The summed E-state index contributed by atoms with van der Waals surface area (Å²) in [6, 6.07) is 6.23. The van der Waals surface area contributed by atoms with Crippen molar-refractivity contribution in [1.82, 2.24) is 24.6 Å². The third kappa shape index (κ3) is 3.41. The van der Waals surface area contributed by atoms with Crippen molar-refractivity contribution in [2.45, 2.75) is 38.4 Å². The number of hydrogen-bond acceptors (Lipinski definition) is 5. The van der Waals surface area contributed by atoms with Crippen LogP contribution in [0.4, 0.5) is 4.39 Å². The van der Waals surface area contributed by atoms with Crippen molar-refractivity contribution in [3.63, 3.8) is 0 Å². The molecule has 0 radical (unpaired) electrons.